The van der Waals surface area contributed by atoms with E-state index in [0.717, 1.165) is 31.7 Å². The second kappa shape index (κ2) is 8.48. The fraction of sp³-hybridized carbons (Fsp3) is 0.750. The Morgan fingerprint density at radius 3 is 2.71 bits per heavy atom. The van der Waals surface area contributed by atoms with Crippen molar-refractivity contribution in [3.63, 3.8) is 0 Å². The van der Waals surface area contributed by atoms with Gasteiger partial charge in [0.05, 0.1) is 15.9 Å². The van der Waals surface area contributed by atoms with Crippen molar-refractivity contribution in [2.75, 3.05) is 11.0 Å². The van der Waals surface area contributed by atoms with Crippen LogP contribution in [0.25, 0.3) is 0 Å². The van der Waals surface area contributed by atoms with Crippen LogP contribution in [-0.2, 0) is 19.5 Å². The molecule has 0 saturated heterocycles. The maximum absolute atomic E-state index is 4.59. The van der Waals surface area contributed by atoms with Gasteiger partial charge in [0, 0.05) is 13.1 Å². The molecule has 98 valence electrons. The van der Waals surface area contributed by atoms with Crippen LogP contribution in [0.4, 0.5) is 0 Å². The van der Waals surface area contributed by atoms with E-state index >= 15 is 0 Å². The molecule has 0 radical (unpaired) electrons. The molecule has 0 saturated carbocycles. The molecule has 1 heterocycles. The average molecular weight is 414 g/mol. The van der Waals surface area contributed by atoms with Gasteiger partial charge in [-0.3, -0.25) is 4.68 Å². The summed E-state index contributed by atoms with van der Waals surface area (Å²) in [7, 11) is 0. The lowest BCUT2D eigenvalue weighted by Gasteiger charge is -2.07. The summed E-state index contributed by atoms with van der Waals surface area (Å²) in [5.41, 5.74) is 2.44. The van der Waals surface area contributed by atoms with Gasteiger partial charge in [-0.1, -0.05) is 29.5 Å². The summed E-state index contributed by atoms with van der Waals surface area (Å²) in [6.07, 6.45) is 3.53. The molecule has 1 N–H and O–H groups in total. The fourth-order valence-corrected chi connectivity index (χ4v) is 2.98. The molecule has 17 heavy (non-hydrogen) atoms. The maximum Gasteiger partial charge on any atom is 0.0767 e. The molecule has 0 atom stereocenters. The van der Waals surface area contributed by atoms with Crippen molar-refractivity contribution in [2.24, 2.45) is 0 Å². The highest BCUT2D eigenvalue weighted by Crippen LogP contribution is 2.22. The van der Waals surface area contributed by atoms with Crippen molar-refractivity contribution in [1.82, 2.24) is 15.1 Å². The first-order valence-corrected chi connectivity index (χ1v) is 8.57. The molecular formula is C12H21BrIN3. The zero-order valence-corrected chi connectivity index (χ0v) is 14.3. The SMILES string of the molecule is CCc1nn(CC)c(CNCCCCI)c1Br. The van der Waals surface area contributed by atoms with Crippen LogP contribution in [-0.4, -0.2) is 20.8 Å². The number of alkyl halides is 1. The van der Waals surface area contributed by atoms with Gasteiger partial charge in [-0.05, 0) is 53.1 Å². The molecule has 5 heteroatoms. The van der Waals surface area contributed by atoms with E-state index in [2.05, 4.69) is 67.5 Å². The topological polar surface area (TPSA) is 29.9 Å². The summed E-state index contributed by atoms with van der Waals surface area (Å²) in [6, 6.07) is 0. The molecule has 0 amide bonds. The second-order valence-electron chi connectivity index (χ2n) is 3.95. The lowest BCUT2D eigenvalue weighted by atomic mass is 10.3. The van der Waals surface area contributed by atoms with E-state index in [9.17, 15) is 0 Å². The molecule has 0 unspecified atom stereocenters. The van der Waals surface area contributed by atoms with Crippen molar-refractivity contribution in [2.45, 2.75) is 46.2 Å². The largest absolute Gasteiger partial charge is 0.311 e. The minimum atomic E-state index is 0.905. The number of nitrogens with zero attached hydrogens (tertiary/aromatic N) is 2. The summed E-state index contributed by atoms with van der Waals surface area (Å²) in [6.45, 7) is 7.21. The summed E-state index contributed by atoms with van der Waals surface area (Å²) < 4.78 is 4.52. The number of aryl methyl sites for hydroxylation is 2. The zero-order chi connectivity index (χ0) is 12.7. The quantitative estimate of drug-likeness (QED) is 0.401. The van der Waals surface area contributed by atoms with E-state index in [1.807, 2.05) is 0 Å². The predicted molar refractivity (Wildman–Crippen MR) is 84.8 cm³/mol. The molecule has 0 spiro atoms. The molecule has 0 aliphatic carbocycles. The average Bonchev–Trinajstić information content (AvgIpc) is 2.65. The Kier molecular flexibility index (Phi) is 7.70. The van der Waals surface area contributed by atoms with E-state index in [1.165, 1.54) is 27.4 Å². The minimum absolute atomic E-state index is 0.905. The smallest absolute Gasteiger partial charge is 0.0767 e. The summed E-state index contributed by atoms with van der Waals surface area (Å²) in [4.78, 5) is 0. The lowest BCUT2D eigenvalue weighted by molar-refractivity contribution is 0.568. The number of unbranched alkanes of at least 4 members (excludes halogenated alkanes) is 1. The standard InChI is InChI=1S/C12H21BrIN3/c1-3-10-12(13)11(17(4-2)16-10)9-15-8-6-5-7-14/h15H,3-9H2,1-2H3. The summed E-state index contributed by atoms with van der Waals surface area (Å²) >= 11 is 6.09. The normalized spacial score (nSPS) is 11.1. The first kappa shape index (κ1) is 15.4. The van der Waals surface area contributed by atoms with Crippen LogP contribution in [0.15, 0.2) is 4.47 Å². The number of rotatable bonds is 8. The van der Waals surface area contributed by atoms with Crippen molar-refractivity contribution in [3.8, 4) is 0 Å². The molecule has 1 rings (SSSR count). The molecule has 0 aliphatic heterocycles. The number of aromatic nitrogens is 2. The van der Waals surface area contributed by atoms with Crippen LogP contribution in [0.5, 0.6) is 0 Å². The molecule has 0 bridgehead atoms. The van der Waals surface area contributed by atoms with E-state index in [4.69, 9.17) is 0 Å². The first-order valence-electron chi connectivity index (χ1n) is 6.25. The highest BCUT2D eigenvalue weighted by atomic mass is 127. The Morgan fingerprint density at radius 1 is 1.35 bits per heavy atom. The van der Waals surface area contributed by atoms with Gasteiger partial charge < -0.3 is 5.32 Å². The van der Waals surface area contributed by atoms with Crippen molar-refractivity contribution < 1.29 is 0 Å². The second-order valence-corrected chi connectivity index (χ2v) is 5.82. The number of hydrogen-bond donors (Lipinski definition) is 1. The summed E-state index contributed by atoms with van der Waals surface area (Å²) in [5, 5.41) is 8.09. The van der Waals surface area contributed by atoms with Crippen molar-refractivity contribution in [3.05, 3.63) is 15.9 Å². The molecule has 1 aromatic heterocycles. The van der Waals surface area contributed by atoms with Gasteiger partial charge in [-0.15, -0.1) is 0 Å². The monoisotopic (exact) mass is 413 g/mol. The third kappa shape index (κ3) is 4.52. The Labute approximate surface area is 126 Å². The summed E-state index contributed by atoms with van der Waals surface area (Å²) in [5.74, 6) is 0. The van der Waals surface area contributed by atoms with Gasteiger partial charge in [-0.25, -0.2) is 0 Å². The number of hydrogen-bond acceptors (Lipinski definition) is 2. The van der Waals surface area contributed by atoms with E-state index in [-0.39, 0.29) is 0 Å². The third-order valence-corrected chi connectivity index (χ3v) is 4.40. The first-order chi connectivity index (χ1) is 8.24. The van der Waals surface area contributed by atoms with E-state index < -0.39 is 0 Å². The molecule has 1 aromatic rings. The Morgan fingerprint density at radius 2 is 2.12 bits per heavy atom. The lowest BCUT2D eigenvalue weighted by Crippen LogP contribution is -2.18. The van der Waals surface area contributed by atoms with Crippen LogP contribution in [0, 0.1) is 0 Å². The predicted octanol–water partition coefficient (Wildman–Crippen LogP) is 3.53. The van der Waals surface area contributed by atoms with Crippen LogP contribution in [0.2, 0.25) is 0 Å². The maximum atomic E-state index is 4.59. The van der Waals surface area contributed by atoms with E-state index in [1.54, 1.807) is 0 Å². The van der Waals surface area contributed by atoms with Crippen molar-refractivity contribution in [1.29, 1.82) is 0 Å². The Bertz CT molecular complexity index is 339. The molecular weight excluding hydrogens is 393 g/mol. The van der Waals surface area contributed by atoms with Gasteiger partial charge in [0.25, 0.3) is 0 Å². The van der Waals surface area contributed by atoms with Crippen LogP contribution < -0.4 is 5.32 Å². The van der Waals surface area contributed by atoms with Gasteiger partial charge in [0.2, 0.25) is 0 Å². The molecule has 0 aromatic carbocycles. The Hall–Kier alpha value is 0.380. The highest BCUT2D eigenvalue weighted by Gasteiger charge is 2.12. The number of nitrogens with one attached hydrogen (secondary N) is 1. The van der Waals surface area contributed by atoms with Crippen LogP contribution >= 0.6 is 38.5 Å². The highest BCUT2D eigenvalue weighted by molar-refractivity contribution is 14.1. The van der Waals surface area contributed by atoms with Crippen LogP contribution in [0.3, 0.4) is 0 Å². The third-order valence-electron chi connectivity index (χ3n) is 2.72. The minimum Gasteiger partial charge on any atom is -0.311 e. The zero-order valence-electron chi connectivity index (χ0n) is 10.6. The van der Waals surface area contributed by atoms with Crippen molar-refractivity contribution >= 4 is 38.5 Å². The van der Waals surface area contributed by atoms with E-state index in [0.29, 0.717) is 0 Å². The molecule has 0 fully saturated rings. The molecule has 3 nitrogen and oxygen atoms in total. The van der Waals surface area contributed by atoms with Gasteiger partial charge in [0.1, 0.15) is 0 Å². The molecule has 0 aliphatic rings. The number of halogens is 2. The fourth-order valence-electron chi connectivity index (χ4n) is 1.74. The van der Waals surface area contributed by atoms with Gasteiger partial charge in [-0.2, -0.15) is 5.10 Å². The van der Waals surface area contributed by atoms with Crippen LogP contribution in [0.1, 0.15) is 38.1 Å². The van der Waals surface area contributed by atoms with Gasteiger partial charge in [0.15, 0.2) is 0 Å². The Balaban J connectivity index is 2.54. The van der Waals surface area contributed by atoms with Gasteiger partial charge >= 0.3 is 0 Å².